The van der Waals surface area contributed by atoms with Crippen LogP contribution in [0.4, 0.5) is 5.69 Å². The largest absolute Gasteiger partial charge is 0.459 e. The van der Waals surface area contributed by atoms with Crippen LogP contribution in [-0.2, 0) is 4.74 Å². The number of esters is 1. The molecule has 100 valence electrons. The molecular formula is C15H18N2O2. The van der Waals surface area contributed by atoms with Crippen LogP contribution < -0.4 is 5.73 Å². The molecule has 0 spiro atoms. The molecule has 0 radical (unpaired) electrons. The van der Waals surface area contributed by atoms with E-state index in [9.17, 15) is 4.79 Å². The summed E-state index contributed by atoms with van der Waals surface area (Å²) < 4.78 is 5.26. The highest BCUT2D eigenvalue weighted by molar-refractivity contribution is 6.07. The van der Waals surface area contributed by atoms with Crippen molar-refractivity contribution in [3.05, 3.63) is 35.0 Å². The van der Waals surface area contributed by atoms with E-state index in [2.05, 4.69) is 4.98 Å². The second-order valence-corrected chi connectivity index (χ2v) is 4.89. The molecule has 1 heterocycles. The van der Waals surface area contributed by atoms with E-state index in [4.69, 9.17) is 10.5 Å². The average Bonchev–Trinajstić information content (AvgIpc) is 2.35. The fourth-order valence-electron chi connectivity index (χ4n) is 2.16. The molecular weight excluding hydrogens is 240 g/mol. The summed E-state index contributed by atoms with van der Waals surface area (Å²) in [6.07, 6.45) is 1.55. The molecule has 0 aliphatic carbocycles. The molecule has 1 aromatic heterocycles. The highest BCUT2D eigenvalue weighted by Crippen LogP contribution is 2.31. The van der Waals surface area contributed by atoms with Gasteiger partial charge in [0.2, 0.25) is 0 Å². The van der Waals surface area contributed by atoms with Gasteiger partial charge in [-0.25, -0.2) is 4.79 Å². The Bertz CT molecular complexity index is 648. The first-order chi connectivity index (χ1) is 8.93. The fraction of sp³-hybridized carbons (Fsp3) is 0.333. The highest BCUT2D eigenvalue weighted by Gasteiger charge is 2.20. The number of nitrogens with zero attached hydrogens (tertiary/aromatic N) is 1. The van der Waals surface area contributed by atoms with Crippen molar-refractivity contribution < 1.29 is 9.53 Å². The summed E-state index contributed by atoms with van der Waals surface area (Å²) in [5, 5.41) is 0.793. The van der Waals surface area contributed by atoms with Gasteiger partial charge in [0.15, 0.2) is 0 Å². The quantitative estimate of drug-likeness (QED) is 0.664. The molecule has 0 atom stereocenters. The maximum atomic E-state index is 12.2. The summed E-state index contributed by atoms with van der Waals surface area (Å²) in [6.45, 7) is 7.45. The normalized spacial score (nSPS) is 11.0. The standard InChI is InChI=1S/C15H18N2O2/c1-8(2)19-15(18)12-9(3)10(4)14-11(13(12)16)6-5-7-17-14/h5-8H,16H2,1-4H3. The Morgan fingerprint density at radius 1 is 1.32 bits per heavy atom. The van der Waals surface area contributed by atoms with E-state index in [-0.39, 0.29) is 12.1 Å². The lowest BCUT2D eigenvalue weighted by Gasteiger charge is -2.16. The number of nitrogen functional groups attached to an aromatic ring is 1. The first-order valence-corrected chi connectivity index (χ1v) is 6.27. The molecule has 2 N–H and O–H groups in total. The number of pyridine rings is 1. The minimum atomic E-state index is -0.376. The number of hydrogen-bond acceptors (Lipinski definition) is 4. The molecule has 0 aliphatic rings. The van der Waals surface area contributed by atoms with Crippen LogP contribution in [0.3, 0.4) is 0 Å². The molecule has 0 saturated carbocycles. The Hall–Kier alpha value is -2.10. The Kier molecular flexibility index (Phi) is 3.42. The average molecular weight is 258 g/mol. The number of carbonyl (C=O) groups excluding carboxylic acids is 1. The number of hydrogen-bond donors (Lipinski definition) is 1. The predicted octanol–water partition coefficient (Wildman–Crippen LogP) is 3.00. The van der Waals surface area contributed by atoms with E-state index in [1.807, 2.05) is 39.8 Å². The fourth-order valence-corrected chi connectivity index (χ4v) is 2.16. The number of ether oxygens (including phenoxy) is 1. The summed E-state index contributed by atoms with van der Waals surface area (Å²) in [5.74, 6) is -0.376. The molecule has 0 aliphatic heterocycles. The zero-order valence-electron chi connectivity index (χ0n) is 11.7. The SMILES string of the molecule is Cc1c(C(=O)OC(C)C)c(N)c2cccnc2c1C. The number of aromatic nitrogens is 1. The van der Waals surface area contributed by atoms with Crippen molar-refractivity contribution in [3.63, 3.8) is 0 Å². The van der Waals surface area contributed by atoms with Crippen molar-refractivity contribution in [1.29, 1.82) is 0 Å². The van der Waals surface area contributed by atoms with E-state index >= 15 is 0 Å². The first kappa shape index (κ1) is 13.3. The van der Waals surface area contributed by atoms with E-state index in [1.165, 1.54) is 0 Å². The second kappa shape index (κ2) is 4.88. The van der Waals surface area contributed by atoms with Gasteiger partial charge >= 0.3 is 5.97 Å². The van der Waals surface area contributed by atoms with Crippen LogP contribution >= 0.6 is 0 Å². The van der Waals surface area contributed by atoms with Gasteiger partial charge in [-0.1, -0.05) is 0 Å². The highest BCUT2D eigenvalue weighted by atomic mass is 16.5. The minimum absolute atomic E-state index is 0.170. The molecule has 4 heteroatoms. The maximum absolute atomic E-state index is 12.2. The number of benzene rings is 1. The van der Waals surface area contributed by atoms with E-state index in [1.54, 1.807) is 6.20 Å². The maximum Gasteiger partial charge on any atom is 0.340 e. The molecule has 1 aromatic carbocycles. The van der Waals surface area contributed by atoms with Gasteiger partial charge in [-0.15, -0.1) is 0 Å². The lowest BCUT2D eigenvalue weighted by atomic mass is 9.96. The predicted molar refractivity (Wildman–Crippen MR) is 76.2 cm³/mol. The molecule has 2 rings (SSSR count). The summed E-state index contributed by atoms with van der Waals surface area (Å²) in [7, 11) is 0. The van der Waals surface area contributed by atoms with Gasteiger partial charge in [0.25, 0.3) is 0 Å². The molecule has 0 amide bonds. The van der Waals surface area contributed by atoms with Crippen molar-refractivity contribution >= 4 is 22.6 Å². The topological polar surface area (TPSA) is 65.2 Å². The number of nitrogens with two attached hydrogens (primary N) is 1. The summed E-state index contributed by atoms with van der Waals surface area (Å²) in [6, 6.07) is 3.68. The van der Waals surface area contributed by atoms with Gasteiger partial charge in [-0.3, -0.25) is 4.98 Å². The molecule has 0 saturated heterocycles. The van der Waals surface area contributed by atoms with E-state index in [0.29, 0.717) is 11.3 Å². The third kappa shape index (κ3) is 2.26. The smallest absolute Gasteiger partial charge is 0.340 e. The van der Waals surface area contributed by atoms with Gasteiger partial charge in [0.1, 0.15) is 0 Å². The monoisotopic (exact) mass is 258 g/mol. The van der Waals surface area contributed by atoms with E-state index in [0.717, 1.165) is 22.0 Å². The van der Waals surface area contributed by atoms with Gasteiger partial charge < -0.3 is 10.5 Å². The molecule has 0 bridgehead atoms. The van der Waals surface area contributed by atoms with Crippen LogP contribution in [0.1, 0.15) is 35.3 Å². The summed E-state index contributed by atoms with van der Waals surface area (Å²) in [5.41, 5.74) is 9.64. The van der Waals surface area contributed by atoms with Crippen LogP contribution in [0, 0.1) is 13.8 Å². The Morgan fingerprint density at radius 2 is 2.00 bits per heavy atom. The van der Waals surface area contributed by atoms with Crippen molar-refractivity contribution in [2.45, 2.75) is 33.8 Å². The van der Waals surface area contributed by atoms with Crippen molar-refractivity contribution in [1.82, 2.24) is 4.98 Å². The minimum Gasteiger partial charge on any atom is -0.459 e. The number of rotatable bonds is 2. The van der Waals surface area contributed by atoms with Crippen LogP contribution in [-0.4, -0.2) is 17.1 Å². The third-order valence-corrected chi connectivity index (χ3v) is 3.21. The summed E-state index contributed by atoms with van der Waals surface area (Å²) in [4.78, 5) is 16.5. The van der Waals surface area contributed by atoms with Gasteiger partial charge in [0, 0.05) is 11.6 Å². The van der Waals surface area contributed by atoms with Gasteiger partial charge in [-0.05, 0) is 51.0 Å². The molecule has 19 heavy (non-hydrogen) atoms. The van der Waals surface area contributed by atoms with Crippen molar-refractivity contribution in [3.8, 4) is 0 Å². The zero-order valence-corrected chi connectivity index (χ0v) is 11.7. The Labute approximate surface area is 112 Å². The Balaban J connectivity index is 2.71. The van der Waals surface area contributed by atoms with Gasteiger partial charge in [0.05, 0.1) is 22.9 Å². The van der Waals surface area contributed by atoms with Crippen LogP contribution in [0.2, 0.25) is 0 Å². The third-order valence-electron chi connectivity index (χ3n) is 3.21. The van der Waals surface area contributed by atoms with Crippen LogP contribution in [0.15, 0.2) is 18.3 Å². The lowest BCUT2D eigenvalue weighted by Crippen LogP contribution is -2.16. The van der Waals surface area contributed by atoms with Crippen LogP contribution in [0.5, 0.6) is 0 Å². The van der Waals surface area contributed by atoms with E-state index < -0.39 is 0 Å². The van der Waals surface area contributed by atoms with Crippen LogP contribution in [0.25, 0.3) is 10.9 Å². The van der Waals surface area contributed by atoms with Crippen molar-refractivity contribution in [2.75, 3.05) is 5.73 Å². The molecule has 2 aromatic rings. The Morgan fingerprint density at radius 3 is 2.63 bits per heavy atom. The first-order valence-electron chi connectivity index (χ1n) is 6.27. The molecule has 4 nitrogen and oxygen atoms in total. The second-order valence-electron chi connectivity index (χ2n) is 4.89. The van der Waals surface area contributed by atoms with Crippen molar-refractivity contribution in [2.24, 2.45) is 0 Å². The molecule has 0 fully saturated rings. The number of anilines is 1. The lowest BCUT2D eigenvalue weighted by molar-refractivity contribution is 0.0378. The number of carbonyl (C=O) groups is 1. The summed E-state index contributed by atoms with van der Waals surface area (Å²) >= 11 is 0. The van der Waals surface area contributed by atoms with Gasteiger partial charge in [-0.2, -0.15) is 0 Å². The number of aryl methyl sites for hydroxylation is 1. The molecule has 0 unspecified atom stereocenters. The number of fused-ring (bicyclic) bond motifs is 1. The zero-order chi connectivity index (χ0) is 14.2.